The molecule has 15 rings (SSSR count). The number of H-pyrrole nitrogens is 2. The molecule has 0 fully saturated rings. The lowest BCUT2D eigenvalue weighted by atomic mass is 9.89. The maximum absolute atomic E-state index is 11.6. The molecule has 2 heterocycles. The van der Waals surface area contributed by atoms with Crippen molar-refractivity contribution in [3.05, 3.63) is 385 Å². The largest absolute Gasteiger partial charge is 0.489 e. The standard InChI is InChI=1S/C38H44N2O4.C36H39N3O4.C35H38N4O4/c1-27-9-7-11-29(21-27)25-43-36-16-6-4-14-32(36)23-40(20-19-35(39)38(41)42)24-33-18-17-31-13-3-5-15-34(31)37(33)44-26-30-12-8-10-28(2)22-30;1-25-7-5-9-27(19-25)23-42-33-12-4-3-11-30(33)21-39(18-16-32(37)36(40)41)22-31-14-13-29-15-17-38-34(29)35(31)43-24-28-10-6-8-26(2)20-28;1-24-7-5-9-26(15-24)21-42-33-12-4-3-11-28(33)19-39(14-13-30(36)35(40)41)20-29-17-31-32(38-23-37-31)18-34(29)43-22-27-10-6-8-25(2)16-27/h4,6-12,14,16-18,21-22,35H,3,5,13,15,19-20,23-26,39H2,1-2H3,(H,41,42);3-15,17,19-20,32,38H,16,18,21-24,37H2,1-2H3,(H,40,41);3-12,15-18,23,30H,13-14,19-22,36H2,1-2H3,(H,37,38)(H,40,41)/t35-;32-;30-/m000/s1. The summed E-state index contributed by atoms with van der Waals surface area (Å²) in [6, 6.07) is 85.8. The Morgan fingerprint density at radius 3 is 1.10 bits per heavy atom. The minimum atomic E-state index is -1.01. The first-order chi connectivity index (χ1) is 63.0. The second-order valence-electron chi connectivity index (χ2n) is 34.1. The van der Waals surface area contributed by atoms with Crippen LogP contribution < -0.4 is 45.6 Å². The van der Waals surface area contributed by atoms with E-state index in [9.17, 15) is 29.7 Å². The van der Waals surface area contributed by atoms with Crippen LogP contribution in [-0.2, 0) is 106 Å². The van der Waals surface area contributed by atoms with Crippen LogP contribution in [0.1, 0.15) is 143 Å². The molecule has 0 spiro atoms. The molecule has 0 unspecified atom stereocenters. The Morgan fingerprint density at radius 1 is 0.354 bits per heavy atom. The maximum atomic E-state index is 11.6. The van der Waals surface area contributed by atoms with Crippen LogP contribution in [0.3, 0.4) is 0 Å². The average molecular weight is 1750 g/mol. The van der Waals surface area contributed by atoms with Gasteiger partial charge in [0.05, 0.1) is 22.9 Å². The highest BCUT2D eigenvalue weighted by molar-refractivity contribution is 5.86. The number of ether oxygens (including phenoxy) is 6. The first-order valence-electron chi connectivity index (χ1n) is 44.7. The molecule has 2 aromatic heterocycles. The molecule has 0 saturated heterocycles. The molecule has 3 atom stereocenters. The molecular formula is C109H121N9O12. The molecule has 0 aliphatic heterocycles. The summed E-state index contributed by atoms with van der Waals surface area (Å²) < 4.78 is 38.4. The van der Waals surface area contributed by atoms with E-state index in [4.69, 9.17) is 45.6 Å². The Labute approximate surface area is 762 Å². The fourth-order valence-electron chi connectivity index (χ4n) is 16.4. The molecule has 11 N–H and O–H groups in total. The average Bonchev–Trinajstić information content (AvgIpc) is 1.16. The van der Waals surface area contributed by atoms with Gasteiger partial charge < -0.3 is 70.9 Å². The molecule has 12 aromatic carbocycles. The van der Waals surface area contributed by atoms with Gasteiger partial charge in [-0.3, -0.25) is 29.1 Å². The van der Waals surface area contributed by atoms with Crippen molar-refractivity contribution in [3.8, 4) is 34.5 Å². The van der Waals surface area contributed by atoms with Crippen molar-refractivity contribution in [1.82, 2.24) is 29.7 Å². The molecule has 0 saturated carbocycles. The highest BCUT2D eigenvalue weighted by Crippen LogP contribution is 2.38. The number of carboxylic acid groups (broad SMARTS) is 3. The SMILES string of the molecule is Cc1cccc(COc2ccccc2CN(CC[C@H](N)C(=O)O)Cc2cc3[nH]cnc3cc2OCc2cccc(C)c2)c1.Cc1cccc(COc2ccccc2CN(CC[C@H](N)C(=O)O)Cc2ccc3c(c2OCc2cccc(C)c2)CCCC3)c1.Cc1cccc(COc2ccccc2CN(CC[C@H](N)C(=O)O)Cc2ccc3cc[nH]c3c2OCc2cccc(C)c2)c1. The van der Waals surface area contributed by atoms with E-state index in [0.717, 1.165) is 142 Å². The Morgan fingerprint density at radius 2 is 0.700 bits per heavy atom. The number of aliphatic carboxylic acids is 3. The third-order valence-corrected chi connectivity index (χ3v) is 23.3. The summed E-state index contributed by atoms with van der Waals surface area (Å²) in [5.74, 6) is 1.91. The van der Waals surface area contributed by atoms with Gasteiger partial charge in [-0.05, 0) is 161 Å². The van der Waals surface area contributed by atoms with Gasteiger partial charge in [-0.1, -0.05) is 258 Å². The van der Waals surface area contributed by atoms with Crippen molar-refractivity contribution in [2.24, 2.45) is 17.2 Å². The second-order valence-corrected chi connectivity index (χ2v) is 34.1. The number of para-hydroxylation sites is 3. The minimum Gasteiger partial charge on any atom is -0.489 e. The van der Waals surface area contributed by atoms with Crippen LogP contribution >= 0.6 is 0 Å². The smallest absolute Gasteiger partial charge is 0.320 e. The molecule has 14 aromatic rings. The van der Waals surface area contributed by atoms with E-state index < -0.39 is 36.0 Å². The zero-order valence-corrected chi connectivity index (χ0v) is 75.3. The second kappa shape index (κ2) is 47.1. The van der Waals surface area contributed by atoms with Gasteiger partial charge in [-0.15, -0.1) is 0 Å². The highest BCUT2D eigenvalue weighted by Gasteiger charge is 2.26. The Kier molecular flexibility index (Phi) is 34.1. The summed E-state index contributed by atoms with van der Waals surface area (Å²) in [5.41, 5.74) is 43.1. The topological polar surface area (TPSA) is 300 Å². The molecule has 674 valence electrons. The number of aromatic nitrogens is 3. The van der Waals surface area contributed by atoms with Gasteiger partial charge in [0, 0.05) is 110 Å². The molecule has 1 aliphatic carbocycles. The summed E-state index contributed by atoms with van der Waals surface area (Å²) in [4.78, 5) is 52.3. The monoisotopic (exact) mass is 1750 g/mol. The van der Waals surface area contributed by atoms with Crippen LogP contribution in [0.25, 0.3) is 21.9 Å². The van der Waals surface area contributed by atoms with Crippen molar-refractivity contribution in [2.45, 2.75) is 184 Å². The number of nitrogens with one attached hydrogen (secondary N) is 2. The van der Waals surface area contributed by atoms with Crippen LogP contribution in [0.4, 0.5) is 0 Å². The zero-order valence-electron chi connectivity index (χ0n) is 75.3. The number of rotatable bonds is 42. The molecule has 21 heteroatoms. The summed E-state index contributed by atoms with van der Waals surface area (Å²) in [7, 11) is 0. The van der Waals surface area contributed by atoms with E-state index in [-0.39, 0.29) is 0 Å². The number of hydrogen-bond acceptors (Lipinski definition) is 16. The van der Waals surface area contributed by atoms with E-state index >= 15 is 0 Å². The number of carbonyl (C=O) groups is 3. The highest BCUT2D eigenvalue weighted by atomic mass is 16.5. The van der Waals surface area contributed by atoms with E-state index in [2.05, 4.69) is 223 Å². The molecule has 0 radical (unpaired) electrons. The number of nitrogens with zero attached hydrogens (tertiary/aromatic N) is 4. The molecular weight excluding hydrogens is 1630 g/mol. The zero-order chi connectivity index (χ0) is 91.3. The van der Waals surface area contributed by atoms with Crippen LogP contribution in [0, 0.1) is 41.5 Å². The number of fused-ring (bicyclic) bond motifs is 3. The predicted octanol–water partition coefficient (Wildman–Crippen LogP) is 20.0. The van der Waals surface area contributed by atoms with E-state index in [1.54, 1.807) is 6.33 Å². The first kappa shape index (κ1) is 94.2. The number of imidazole rings is 1. The third kappa shape index (κ3) is 28.1. The quantitative estimate of drug-likeness (QED) is 0.0176. The number of aromatic amines is 2. The Hall–Kier alpha value is -13.4. The van der Waals surface area contributed by atoms with Gasteiger partial charge in [0.2, 0.25) is 0 Å². The van der Waals surface area contributed by atoms with Crippen molar-refractivity contribution < 1.29 is 58.1 Å². The molecule has 1 aliphatic rings. The van der Waals surface area contributed by atoms with Crippen molar-refractivity contribution >= 4 is 39.8 Å². The van der Waals surface area contributed by atoms with Crippen LogP contribution in [-0.4, -0.2) is 101 Å². The third-order valence-electron chi connectivity index (χ3n) is 23.3. The number of benzene rings is 12. The van der Waals surface area contributed by atoms with E-state index in [0.29, 0.717) is 118 Å². The van der Waals surface area contributed by atoms with Crippen LogP contribution in [0.2, 0.25) is 0 Å². The van der Waals surface area contributed by atoms with Crippen molar-refractivity contribution in [1.29, 1.82) is 0 Å². The molecule has 21 nitrogen and oxygen atoms in total. The summed E-state index contributed by atoms with van der Waals surface area (Å²) >= 11 is 0. The number of hydrogen-bond donors (Lipinski definition) is 8. The predicted molar refractivity (Wildman–Crippen MR) is 513 cm³/mol. The lowest BCUT2D eigenvalue weighted by Crippen LogP contribution is -2.35. The summed E-state index contributed by atoms with van der Waals surface area (Å²) in [5, 5.41) is 29.5. The van der Waals surface area contributed by atoms with Gasteiger partial charge >= 0.3 is 17.9 Å². The summed E-state index contributed by atoms with van der Waals surface area (Å²) in [6.07, 6.45) is 8.96. The van der Waals surface area contributed by atoms with Gasteiger partial charge in [0.25, 0.3) is 0 Å². The van der Waals surface area contributed by atoms with Gasteiger partial charge in [0.1, 0.15) is 92.3 Å². The molecule has 0 bridgehead atoms. The number of carboxylic acids is 3. The lowest BCUT2D eigenvalue weighted by molar-refractivity contribution is -0.139. The molecule has 0 amide bonds. The van der Waals surface area contributed by atoms with Gasteiger partial charge in [-0.2, -0.15) is 0 Å². The Bertz CT molecular complexity index is 5960. The van der Waals surface area contributed by atoms with Crippen LogP contribution in [0.5, 0.6) is 34.5 Å². The van der Waals surface area contributed by atoms with Gasteiger partial charge in [-0.25, -0.2) is 4.98 Å². The molecule has 130 heavy (non-hydrogen) atoms. The lowest BCUT2D eigenvalue weighted by Gasteiger charge is -2.28. The first-order valence-corrected chi connectivity index (χ1v) is 44.7. The van der Waals surface area contributed by atoms with E-state index in [1.165, 1.54) is 50.9 Å². The number of nitrogens with two attached hydrogens (primary N) is 3. The normalized spacial score (nSPS) is 12.5. The van der Waals surface area contributed by atoms with Crippen molar-refractivity contribution in [3.63, 3.8) is 0 Å². The minimum absolute atomic E-state index is 0.299. The fourth-order valence-corrected chi connectivity index (χ4v) is 16.4. The van der Waals surface area contributed by atoms with Crippen LogP contribution in [0.15, 0.2) is 273 Å². The Balaban J connectivity index is 0.000000166. The fraction of sp³-hybridized carbons (Fsp3) is 0.284. The van der Waals surface area contributed by atoms with Gasteiger partial charge in [0.15, 0.2) is 0 Å². The maximum Gasteiger partial charge on any atom is 0.320 e. The number of aryl methyl sites for hydroxylation is 7. The summed E-state index contributed by atoms with van der Waals surface area (Å²) in [6.45, 7) is 20.0. The van der Waals surface area contributed by atoms with E-state index in [1.807, 2.05) is 115 Å². The van der Waals surface area contributed by atoms with Crippen molar-refractivity contribution in [2.75, 3.05) is 19.6 Å².